The van der Waals surface area contributed by atoms with Crippen LogP contribution in [0.2, 0.25) is 0 Å². The van der Waals surface area contributed by atoms with Gasteiger partial charge in [0.2, 0.25) is 0 Å². The summed E-state index contributed by atoms with van der Waals surface area (Å²) in [5, 5.41) is 8.01. The van der Waals surface area contributed by atoms with Crippen LogP contribution in [-0.2, 0) is 9.59 Å². The van der Waals surface area contributed by atoms with Gasteiger partial charge in [0.15, 0.2) is 5.78 Å². The second kappa shape index (κ2) is 8.79. The Labute approximate surface area is 195 Å². The van der Waals surface area contributed by atoms with E-state index in [2.05, 4.69) is 22.8 Å². The van der Waals surface area contributed by atoms with E-state index in [1.165, 1.54) is 23.5 Å². The Morgan fingerprint density at radius 2 is 1.79 bits per heavy atom. The Balaban J connectivity index is 1.54. The maximum Gasteiger partial charge on any atom is 0.254 e. The number of halogens is 1. The number of allylic oxidation sites excluding steroid dienone is 3. The molecule has 0 saturated carbocycles. The van der Waals surface area contributed by atoms with Gasteiger partial charge in [0.1, 0.15) is 5.82 Å². The third-order valence-corrected chi connectivity index (χ3v) is 7.23. The highest BCUT2D eigenvalue weighted by molar-refractivity contribution is 7.10. The zero-order valence-electron chi connectivity index (χ0n) is 18.1. The lowest BCUT2D eigenvalue weighted by atomic mass is 9.73. The van der Waals surface area contributed by atoms with E-state index >= 15 is 0 Å². The highest BCUT2D eigenvalue weighted by Gasteiger charge is 2.41. The van der Waals surface area contributed by atoms with E-state index in [0.29, 0.717) is 29.7 Å². The molecule has 0 saturated heterocycles. The van der Waals surface area contributed by atoms with Crippen LogP contribution in [0.5, 0.6) is 0 Å². The molecule has 166 valence electrons. The molecule has 1 aliphatic carbocycles. The number of carbonyl (C=O) groups excluding carboxylic acids is 2. The van der Waals surface area contributed by atoms with Crippen LogP contribution in [0.4, 0.5) is 10.1 Å². The zero-order valence-corrected chi connectivity index (χ0v) is 18.9. The molecule has 0 spiro atoms. The van der Waals surface area contributed by atoms with Gasteiger partial charge in [0.25, 0.3) is 5.91 Å². The minimum absolute atomic E-state index is 0.0414. The smallest absolute Gasteiger partial charge is 0.254 e. The molecule has 0 unspecified atom stereocenters. The summed E-state index contributed by atoms with van der Waals surface area (Å²) in [6.07, 6.45) is 1.10. The fourth-order valence-corrected chi connectivity index (χ4v) is 5.64. The second-order valence-corrected chi connectivity index (χ2v) is 9.36. The lowest BCUT2D eigenvalue weighted by molar-refractivity contribution is -0.116. The molecule has 5 rings (SSSR count). The summed E-state index contributed by atoms with van der Waals surface area (Å²) < 4.78 is 14.2. The fourth-order valence-electron chi connectivity index (χ4n) is 4.79. The number of rotatable bonds is 4. The van der Waals surface area contributed by atoms with Crippen molar-refractivity contribution in [2.24, 2.45) is 0 Å². The number of para-hydroxylation sites is 1. The van der Waals surface area contributed by atoms with Crippen LogP contribution in [0.3, 0.4) is 0 Å². The van der Waals surface area contributed by atoms with E-state index in [4.69, 9.17) is 0 Å². The average Bonchev–Trinajstić information content (AvgIpc) is 3.35. The molecule has 2 heterocycles. The summed E-state index contributed by atoms with van der Waals surface area (Å²) in [5.74, 6) is -1.25. The fraction of sp³-hybridized carbons (Fsp3) is 0.185. The van der Waals surface area contributed by atoms with Gasteiger partial charge in [0, 0.05) is 33.8 Å². The van der Waals surface area contributed by atoms with Crippen molar-refractivity contribution < 1.29 is 14.0 Å². The molecular formula is C27H23FN2O2S. The van der Waals surface area contributed by atoms with Crippen molar-refractivity contribution in [2.45, 2.75) is 31.6 Å². The van der Waals surface area contributed by atoms with Crippen molar-refractivity contribution in [3.63, 3.8) is 0 Å². The predicted molar refractivity (Wildman–Crippen MR) is 128 cm³/mol. The van der Waals surface area contributed by atoms with Crippen LogP contribution in [0.15, 0.2) is 94.7 Å². The number of carbonyl (C=O) groups is 2. The second-order valence-electron chi connectivity index (χ2n) is 8.38. The number of nitrogens with one attached hydrogen (secondary N) is 2. The first-order valence-electron chi connectivity index (χ1n) is 10.9. The molecule has 2 atom stereocenters. The number of Topliss-reactive ketones (excluding diaryl/α,β-unsaturated/α-hetero) is 1. The minimum atomic E-state index is -0.500. The first kappa shape index (κ1) is 21.3. The highest BCUT2D eigenvalue weighted by Crippen LogP contribution is 2.46. The normalized spacial score (nSPS) is 20.4. The zero-order chi connectivity index (χ0) is 22.9. The molecule has 1 amide bonds. The van der Waals surface area contributed by atoms with E-state index < -0.39 is 17.6 Å². The van der Waals surface area contributed by atoms with Gasteiger partial charge in [-0.1, -0.05) is 48.5 Å². The third kappa shape index (κ3) is 4.02. The van der Waals surface area contributed by atoms with Gasteiger partial charge in [-0.3, -0.25) is 9.59 Å². The SMILES string of the molecule is CC1=C(C(=O)Nc2ccccc2F)[C@@H](c2cccs2)C2=C(C[C@@H](c3ccccc3)CC2=O)N1. The number of amides is 1. The van der Waals surface area contributed by atoms with Gasteiger partial charge < -0.3 is 10.6 Å². The summed E-state index contributed by atoms with van der Waals surface area (Å²) in [6.45, 7) is 1.84. The molecule has 0 fully saturated rings. The van der Waals surface area contributed by atoms with Crippen LogP contribution in [0.1, 0.15) is 42.0 Å². The van der Waals surface area contributed by atoms with E-state index in [9.17, 15) is 14.0 Å². The molecule has 2 aliphatic rings. The molecule has 2 aromatic carbocycles. The number of thiophene rings is 1. The largest absolute Gasteiger partial charge is 0.362 e. The minimum Gasteiger partial charge on any atom is -0.362 e. The number of hydrogen-bond acceptors (Lipinski definition) is 4. The maximum absolute atomic E-state index is 14.2. The Morgan fingerprint density at radius 1 is 1.03 bits per heavy atom. The summed E-state index contributed by atoms with van der Waals surface area (Å²) in [5.41, 5.74) is 3.91. The summed E-state index contributed by atoms with van der Waals surface area (Å²) in [6, 6.07) is 20.0. The molecule has 3 aromatic rings. The van der Waals surface area contributed by atoms with Gasteiger partial charge in [-0.2, -0.15) is 0 Å². The van der Waals surface area contributed by atoms with Gasteiger partial charge in [-0.05, 0) is 48.4 Å². The number of benzene rings is 2. The van der Waals surface area contributed by atoms with Crippen LogP contribution in [0, 0.1) is 5.82 Å². The van der Waals surface area contributed by atoms with Gasteiger partial charge in [0.05, 0.1) is 11.6 Å². The molecule has 2 N–H and O–H groups in total. The van der Waals surface area contributed by atoms with Crippen LogP contribution < -0.4 is 10.6 Å². The van der Waals surface area contributed by atoms with Crippen molar-refractivity contribution in [1.82, 2.24) is 5.32 Å². The summed E-state index contributed by atoms with van der Waals surface area (Å²) in [7, 11) is 0. The molecule has 1 aliphatic heterocycles. The number of hydrogen-bond donors (Lipinski definition) is 2. The highest BCUT2D eigenvalue weighted by atomic mass is 32.1. The van der Waals surface area contributed by atoms with E-state index in [1.54, 1.807) is 12.1 Å². The molecule has 33 heavy (non-hydrogen) atoms. The van der Waals surface area contributed by atoms with E-state index in [-0.39, 0.29) is 17.4 Å². The van der Waals surface area contributed by atoms with Crippen molar-refractivity contribution in [3.8, 4) is 0 Å². The Hall–Kier alpha value is -3.51. The van der Waals surface area contributed by atoms with E-state index in [0.717, 1.165) is 16.1 Å². The Kier molecular flexibility index (Phi) is 5.68. The van der Waals surface area contributed by atoms with Crippen molar-refractivity contribution in [1.29, 1.82) is 0 Å². The van der Waals surface area contributed by atoms with Gasteiger partial charge in [-0.15, -0.1) is 11.3 Å². The molecule has 6 heteroatoms. The summed E-state index contributed by atoms with van der Waals surface area (Å²) in [4.78, 5) is 27.8. The van der Waals surface area contributed by atoms with Crippen LogP contribution in [-0.4, -0.2) is 11.7 Å². The molecule has 0 radical (unpaired) electrons. The first-order chi connectivity index (χ1) is 16.0. The first-order valence-corrected chi connectivity index (χ1v) is 11.8. The Morgan fingerprint density at radius 3 is 2.52 bits per heavy atom. The van der Waals surface area contributed by atoms with Crippen LogP contribution in [0.25, 0.3) is 0 Å². The Bertz CT molecular complexity index is 1280. The van der Waals surface area contributed by atoms with E-state index in [1.807, 2.05) is 42.6 Å². The van der Waals surface area contributed by atoms with Crippen molar-refractivity contribution in [2.75, 3.05) is 5.32 Å². The third-order valence-electron chi connectivity index (χ3n) is 6.29. The standard InChI is InChI=1S/C27H23FN2O2S/c1-16-24(27(32)30-20-11-6-5-10-19(20)28)26(23-12-7-13-33-23)25-21(29-16)14-18(15-22(25)31)17-8-3-2-4-9-17/h2-13,18,26,29H,14-15H2,1H3,(H,30,32)/t18-,26-/m1/s1. The van der Waals surface area contributed by atoms with Crippen LogP contribution >= 0.6 is 11.3 Å². The maximum atomic E-state index is 14.2. The predicted octanol–water partition coefficient (Wildman–Crippen LogP) is 5.89. The van der Waals surface area contributed by atoms with Gasteiger partial charge >= 0.3 is 0 Å². The quantitative estimate of drug-likeness (QED) is 0.513. The van der Waals surface area contributed by atoms with Crippen molar-refractivity contribution >= 4 is 28.7 Å². The number of dihydropyridines is 1. The van der Waals surface area contributed by atoms with Crippen molar-refractivity contribution in [3.05, 3.63) is 111 Å². The van der Waals surface area contributed by atoms with Gasteiger partial charge in [-0.25, -0.2) is 4.39 Å². The lowest BCUT2D eigenvalue weighted by Crippen LogP contribution is -2.36. The number of anilines is 1. The topological polar surface area (TPSA) is 58.2 Å². The molecule has 4 nitrogen and oxygen atoms in total. The molecule has 1 aromatic heterocycles. The number of ketones is 1. The summed E-state index contributed by atoms with van der Waals surface area (Å²) >= 11 is 1.51. The monoisotopic (exact) mass is 458 g/mol. The molecular weight excluding hydrogens is 435 g/mol. The lowest BCUT2D eigenvalue weighted by Gasteiger charge is -2.36. The average molecular weight is 459 g/mol. The molecule has 0 bridgehead atoms.